The number of aromatic nitrogens is 2. The number of halogens is 1. The van der Waals surface area contributed by atoms with Gasteiger partial charge in [-0.25, -0.2) is 4.98 Å². The standard InChI is InChI=1S/C18H19ClN4O3/c1-22-11-12(17(25)23-8-3-2-4-9-23)10-14(18(22)26)21-16(24)13-6-5-7-20-15(13)19/h5-7,10-11H,2-4,8-9H2,1H3,(H,21,24). The zero-order chi connectivity index (χ0) is 18.7. The fourth-order valence-corrected chi connectivity index (χ4v) is 3.15. The van der Waals surface area contributed by atoms with Crippen molar-refractivity contribution in [2.45, 2.75) is 19.3 Å². The van der Waals surface area contributed by atoms with Gasteiger partial charge in [0.15, 0.2) is 0 Å². The molecule has 2 amide bonds. The van der Waals surface area contributed by atoms with Gasteiger partial charge in [0.2, 0.25) is 0 Å². The summed E-state index contributed by atoms with van der Waals surface area (Å²) in [5.74, 6) is -0.696. The Kier molecular flexibility index (Phi) is 5.37. The number of likely N-dealkylation sites (tertiary alicyclic amines) is 1. The van der Waals surface area contributed by atoms with Crippen molar-refractivity contribution < 1.29 is 9.59 Å². The second-order valence-electron chi connectivity index (χ2n) is 6.21. The Labute approximate surface area is 155 Å². The summed E-state index contributed by atoms with van der Waals surface area (Å²) in [7, 11) is 1.54. The van der Waals surface area contributed by atoms with Gasteiger partial charge in [0.1, 0.15) is 10.8 Å². The molecule has 0 unspecified atom stereocenters. The molecule has 0 spiro atoms. The van der Waals surface area contributed by atoms with Crippen LogP contribution in [0.5, 0.6) is 0 Å². The molecule has 1 N–H and O–H groups in total. The number of nitrogens with one attached hydrogen (secondary N) is 1. The average molecular weight is 375 g/mol. The van der Waals surface area contributed by atoms with Crippen molar-refractivity contribution in [3.63, 3.8) is 0 Å². The van der Waals surface area contributed by atoms with E-state index in [0.29, 0.717) is 18.7 Å². The lowest BCUT2D eigenvalue weighted by molar-refractivity contribution is 0.0723. The SMILES string of the molecule is Cn1cc(C(=O)N2CCCCC2)cc(NC(=O)c2cccnc2Cl)c1=O. The van der Waals surface area contributed by atoms with Crippen LogP contribution in [0.1, 0.15) is 40.0 Å². The van der Waals surface area contributed by atoms with Crippen molar-refractivity contribution in [3.05, 3.63) is 57.2 Å². The maximum absolute atomic E-state index is 12.7. The molecule has 3 rings (SSSR count). The van der Waals surface area contributed by atoms with Gasteiger partial charge in [0, 0.05) is 32.5 Å². The minimum absolute atomic E-state index is 0.0280. The first kappa shape index (κ1) is 18.1. The van der Waals surface area contributed by atoms with E-state index < -0.39 is 11.5 Å². The van der Waals surface area contributed by atoms with Crippen LogP contribution in [0.15, 0.2) is 35.4 Å². The highest BCUT2D eigenvalue weighted by atomic mass is 35.5. The van der Waals surface area contributed by atoms with Crippen molar-refractivity contribution in [3.8, 4) is 0 Å². The highest BCUT2D eigenvalue weighted by Gasteiger charge is 2.21. The van der Waals surface area contributed by atoms with E-state index in [9.17, 15) is 14.4 Å². The van der Waals surface area contributed by atoms with E-state index >= 15 is 0 Å². The van der Waals surface area contributed by atoms with Crippen LogP contribution in [0.2, 0.25) is 5.15 Å². The molecule has 7 nitrogen and oxygen atoms in total. The predicted molar refractivity (Wildman–Crippen MR) is 98.6 cm³/mol. The molecule has 0 bridgehead atoms. The molecule has 1 aliphatic rings. The Morgan fingerprint density at radius 2 is 1.96 bits per heavy atom. The number of rotatable bonds is 3. The fourth-order valence-electron chi connectivity index (χ4n) is 2.94. The first-order valence-electron chi connectivity index (χ1n) is 8.39. The van der Waals surface area contributed by atoms with Crippen LogP contribution >= 0.6 is 11.6 Å². The average Bonchev–Trinajstić information content (AvgIpc) is 2.65. The second-order valence-corrected chi connectivity index (χ2v) is 6.57. The van der Waals surface area contributed by atoms with Crippen molar-refractivity contribution >= 4 is 29.1 Å². The zero-order valence-corrected chi connectivity index (χ0v) is 15.1. The summed E-state index contributed by atoms with van der Waals surface area (Å²) in [6.45, 7) is 1.41. The summed E-state index contributed by atoms with van der Waals surface area (Å²) in [5.41, 5.74) is 0.138. The molecular weight excluding hydrogens is 356 g/mol. The van der Waals surface area contributed by atoms with E-state index in [2.05, 4.69) is 10.3 Å². The number of carbonyl (C=O) groups is 2. The lowest BCUT2D eigenvalue weighted by Crippen LogP contribution is -2.36. The van der Waals surface area contributed by atoms with Crippen LogP contribution in [0.25, 0.3) is 0 Å². The maximum Gasteiger partial charge on any atom is 0.274 e. The number of anilines is 1. The minimum Gasteiger partial charge on any atom is -0.339 e. The number of nitrogens with zero attached hydrogens (tertiary/aromatic N) is 3. The normalized spacial score (nSPS) is 14.2. The van der Waals surface area contributed by atoms with Gasteiger partial charge in [-0.15, -0.1) is 0 Å². The van der Waals surface area contributed by atoms with E-state index in [4.69, 9.17) is 11.6 Å². The Bertz CT molecular complexity index is 904. The van der Waals surface area contributed by atoms with Crippen LogP contribution in [-0.2, 0) is 7.05 Å². The number of hydrogen-bond acceptors (Lipinski definition) is 4. The molecule has 3 heterocycles. The molecule has 8 heteroatoms. The lowest BCUT2D eigenvalue weighted by Gasteiger charge is -2.27. The first-order chi connectivity index (χ1) is 12.5. The number of aryl methyl sites for hydroxylation is 1. The Balaban J connectivity index is 1.89. The van der Waals surface area contributed by atoms with Gasteiger partial charge in [-0.1, -0.05) is 11.6 Å². The molecule has 2 aromatic rings. The van der Waals surface area contributed by atoms with Gasteiger partial charge in [0.05, 0.1) is 11.1 Å². The zero-order valence-electron chi connectivity index (χ0n) is 14.4. The van der Waals surface area contributed by atoms with Crippen molar-refractivity contribution in [1.29, 1.82) is 0 Å². The molecule has 2 aromatic heterocycles. The Morgan fingerprint density at radius 3 is 2.65 bits per heavy atom. The Hall–Kier alpha value is -2.67. The van der Waals surface area contributed by atoms with Crippen LogP contribution < -0.4 is 10.9 Å². The van der Waals surface area contributed by atoms with E-state index in [1.54, 1.807) is 18.0 Å². The van der Waals surface area contributed by atoms with Crippen LogP contribution in [0.3, 0.4) is 0 Å². The predicted octanol–water partition coefficient (Wildman–Crippen LogP) is 2.31. The maximum atomic E-state index is 12.7. The highest BCUT2D eigenvalue weighted by molar-refractivity contribution is 6.33. The third-order valence-electron chi connectivity index (χ3n) is 4.33. The van der Waals surface area contributed by atoms with E-state index in [1.165, 1.54) is 29.1 Å². The van der Waals surface area contributed by atoms with Crippen molar-refractivity contribution in [2.75, 3.05) is 18.4 Å². The van der Waals surface area contributed by atoms with E-state index in [0.717, 1.165) is 19.3 Å². The van der Waals surface area contributed by atoms with Gasteiger partial charge in [-0.3, -0.25) is 14.4 Å². The van der Waals surface area contributed by atoms with Crippen LogP contribution in [0.4, 0.5) is 5.69 Å². The number of pyridine rings is 2. The summed E-state index contributed by atoms with van der Waals surface area (Å²) < 4.78 is 1.29. The summed E-state index contributed by atoms with van der Waals surface area (Å²) in [6, 6.07) is 4.51. The fraction of sp³-hybridized carbons (Fsp3) is 0.333. The smallest absolute Gasteiger partial charge is 0.274 e. The van der Waals surface area contributed by atoms with Gasteiger partial charge >= 0.3 is 0 Å². The minimum atomic E-state index is -0.553. The van der Waals surface area contributed by atoms with Gasteiger partial charge < -0.3 is 14.8 Å². The monoisotopic (exact) mass is 374 g/mol. The molecule has 0 radical (unpaired) electrons. The largest absolute Gasteiger partial charge is 0.339 e. The van der Waals surface area contributed by atoms with Crippen molar-refractivity contribution in [1.82, 2.24) is 14.5 Å². The number of carbonyl (C=O) groups excluding carboxylic acids is 2. The number of hydrogen-bond donors (Lipinski definition) is 1. The van der Waals surface area contributed by atoms with Crippen molar-refractivity contribution in [2.24, 2.45) is 7.05 Å². The topological polar surface area (TPSA) is 84.3 Å². The summed E-state index contributed by atoms with van der Waals surface area (Å²) in [5, 5.41) is 2.58. The highest BCUT2D eigenvalue weighted by Crippen LogP contribution is 2.16. The molecule has 26 heavy (non-hydrogen) atoms. The van der Waals surface area contributed by atoms with E-state index in [-0.39, 0.29) is 22.3 Å². The first-order valence-corrected chi connectivity index (χ1v) is 8.77. The molecule has 136 valence electrons. The third kappa shape index (κ3) is 3.77. The molecule has 0 atom stereocenters. The summed E-state index contributed by atoms with van der Waals surface area (Å²) >= 11 is 5.92. The van der Waals surface area contributed by atoms with Gasteiger partial charge in [0.25, 0.3) is 17.4 Å². The van der Waals surface area contributed by atoms with Crippen LogP contribution in [-0.4, -0.2) is 39.4 Å². The molecule has 0 saturated carbocycles. The van der Waals surface area contributed by atoms with Crippen LogP contribution in [0, 0.1) is 0 Å². The Morgan fingerprint density at radius 1 is 1.23 bits per heavy atom. The molecule has 0 aromatic carbocycles. The molecule has 0 aliphatic carbocycles. The number of amides is 2. The second kappa shape index (κ2) is 7.70. The number of piperidine rings is 1. The van der Waals surface area contributed by atoms with Gasteiger partial charge in [-0.05, 0) is 37.5 Å². The third-order valence-corrected chi connectivity index (χ3v) is 4.63. The summed E-state index contributed by atoms with van der Waals surface area (Å²) in [4.78, 5) is 43.1. The lowest BCUT2D eigenvalue weighted by atomic mass is 10.1. The quantitative estimate of drug-likeness (QED) is 0.835. The van der Waals surface area contributed by atoms with E-state index in [1.807, 2.05) is 0 Å². The molecule has 1 saturated heterocycles. The molecule has 1 fully saturated rings. The summed E-state index contributed by atoms with van der Waals surface area (Å²) in [6.07, 6.45) is 6.02. The van der Waals surface area contributed by atoms with Gasteiger partial charge in [-0.2, -0.15) is 0 Å². The molecular formula is C18H19ClN4O3. The molecule has 1 aliphatic heterocycles.